The molecule has 1 aromatic rings. The SMILES string of the molecule is CC(C)[C@H](N)C(=O)N1CCN(c2ccccc2[N+](=O)[O-])CC1. The third-order valence-corrected chi connectivity index (χ3v) is 4.01. The maximum Gasteiger partial charge on any atom is 0.292 e. The summed E-state index contributed by atoms with van der Waals surface area (Å²) in [5, 5.41) is 11.1. The van der Waals surface area contributed by atoms with Crippen LogP contribution in [0, 0.1) is 16.0 Å². The fraction of sp³-hybridized carbons (Fsp3) is 0.533. The van der Waals surface area contributed by atoms with Crippen LogP contribution in [0.1, 0.15) is 13.8 Å². The quantitative estimate of drug-likeness (QED) is 0.667. The summed E-state index contributed by atoms with van der Waals surface area (Å²) < 4.78 is 0. The highest BCUT2D eigenvalue weighted by atomic mass is 16.6. The van der Waals surface area contributed by atoms with E-state index >= 15 is 0 Å². The Morgan fingerprint density at radius 3 is 2.36 bits per heavy atom. The molecule has 2 N–H and O–H groups in total. The van der Waals surface area contributed by atoms with Crippen LogP contribution in [0.15, 0.2) is 24.3 Å². The Morgan fingerprint density at radius 2 is 1.82 bits per heavy atom. The monoisotopic (exact) mass is 306 g/mol. The van der Waals surface area contributed by atoms with Crippen LogP contribution < -0.4 is 10.6 Å². The minimum Gasteiger partial charge on any atom is -0.362 e. The molecule has 0 aliphatic carbocycles. The zero-order valence-electron chi connectivity index (χ0n) is 12.9. The maximum atomic E-state index is 12.2. The van der Waals surface area contributed by atoms with Crippen LogP contribution in [-0.2, 0) is 4.79 Å². The summed E-state index contributed by atoms with van der Waals surface area (Å²) in [6, 6.07) is 6.20. The number of amides is 1. The van der Waals surface area contributed by atoms with Gasteiger partial charge in [-0.2, -0.15) is 0 Å². The van der Waals surface area contributed by atoms with Crippen molar-refractivity contribution in [1.82, 2.24) is 4.90 Å². The van der Waals surface area contributed by atoms with Gasteiger partial charge in [0.05, 0.1) is 11.0 Å². The van der Waals surface area contributed by atoms with Gasteiger partial charge in [0, 0.05) is 32.2 Å². The summed E-state index contributed by atoms with van der Waals surface area (Å²) in [6.45, 7) is 6.05. The zero-order chi connectivity index (χ0) is 16.3. The number of nitro groups is 1. The van der Waals surface area contributed by atoms with Gasteiger partial charge in [0.1, 0.15) is 5.69 Å². The number of anilines is 1. The molecule has 0 radical (unpaired) electrons. The van der Waals surface area contributed by atoms with Crippen LogP contribution in [-0.4, -0.2) is 48.0 Å². The fourth-order valence-corrected chi connectivity index (χ4v) is 2.55. The first-order valence-corrected chi connectivity index (χ1v) is 7.44. The van der Waals surface area contributed by atoms with Crippen molar-refractivity contribution < 1.29 is 9.72 Å². The van der Waals surface area contributed by atoms with Crippen LogP contribution in [0.4, 0.5) is 11.4 Å². The zero-order valence-corrected chi connectivity index (χ0v) is 12.9. The largest absolute Gasteiger partial charge is 0.362 e. The maximum absolute atomic E-state index is 12.2. The predicted molar refractivity (Wildman–Crippen MR) is 84.7 cm³/mol. The lowest BCUT2D eigenvalue weighted by Crippen LogP contribution is -2.54. The second-order valence-electron chi connectivity index (χ2n) is 5.83. The number of nitrogens with two attached hydrogens (primary N) is 1. The number of piperazine rings is 1. The van der Waals surface area contributed by atoms with Gasteiger partial charge >= 0.3 is 0 Å². The van der Waals surface area contributed by atoms with Crippen LogP contribution in [0.2, 0.25) is 0 Å². The second-order valence-corrected chi connectivity index (χ2v) is 5.83. The molecule has 1 amide bonds. The molecule has 1 saturated heterocycles. The smallest absolute Gasteiger partial charge is 0.292 e. The fourth-order valence-electron chi connectivity index (χ4n) is 2.55. The molecular formula is C15H22N4O3. The standard InChI is InChI=1S/C15H22N4O3/c1-11(2)14(16)15(20)18-9-7-17(8-10-18)12-5-3-4-6-13(12)19(21)22/h3-6,11,14H,7-10,16H2,1-2H3/t14-/m0/s1. The summed E-state index contributed by atoms with van der Waals surface area (Å²) >= 11 is 0. The van der Waals surface area contributed by atoms with E-state index in [4.69, 9.17) is 5.73 Å². The number of rotatable bonds is 4. The molecule has 1 aromatic carbocycles. The highest BCUT2D eigenvalue weighted by Gasteiger charge is 2.28. The highest BCUT2D eigenvalue weighted by molar-refractivity contribution is 5.82. The molecule has 1 atom stereocenters. The van der Waals surface area contributed by atoms with E-state index in [0.29, 0.717) is 31.9 Å². The van der Waals surface area contributed by atoms with Gasteiger partial charge < -0.3 is 15.5 Å². The van der Waals surface area contributed by atoms with E-state index in [1.807, 2.05) is 18.7 Å². The summed E-state index contributed by atoms with van der Waals surface area (Å²) in [7, 11) is 0. The van der Waals surface area contributed by atoms with Crippen molar-refractivity contribution in [2.75, 3.05) is 31.1 Å². The Labute approximate surface area is 129 Å². The van der Waals surface area contributed by atoms with Gasteiger partial charge in [0.25, 0.3) is 5.69 Å². The van der Waals surface area contributed by atoms with Crippen LogP contribution in [0.3, 0.4) is 0 Å². The highest BCUT2D eigenvalue weighted by Crippen LogP contribution is 2.28. The number of hydrogen-bond acceptors (Lipinski definition) is 5. The molecule has 7 nitrogen and oxygen atoms in total. The average Bonchev–Trinajstić information content (AvgIpc) is 2.53. The lowest BCUT2D eigenvalue weighted by Gasteiger charge is -2.37. The molecule has 0 spiro atoms. The lowest BCUT2D eigenvalue weighted by molar-refractivity contribution is -0.384. The van der Waals surface area contributed by atoms with E-state index in [0.717, 1.165) is 0 Å². The summed E-state index contributed by atoms with van der Waals surface area (Å²) in [4.78, 5) is 26.7. The molecule has 1 aliphatic heterocycles. The molecule has 2 rings (SSSR count). The average molecular weight is 306 g/mol. The Hall–Kier alpha value is -2.15. The summed E-state index contributed by atoms with van der Waals surface area (Å²) in [5.41, 5.74) is 6.61. The van der Waals surface area contributed by atoms with Gasteiger partial charge in [0.15, 0.2) is 0 Å². The van der Waals surface area contributed by atoms with Crippen molar-refractivity contribution >= 4 is 17.3 Å². The molecule has 1 aliphatic rings. The van der Waals surface area contributed by atoms with Gasteiger partial charge in [-0.15, -0.1) is 0 Å². The van der Waals surface area contributed by atoms with Crippen molar-refractivity contribution in [2.45, 2.75) is 19.9 Å². The van der Waals surface area contributed by atoms with Crippen molar-refractivity contribution in [2.24, 2.45) is 11.7 Å². The molecule has 0 saturated carbocycles. The molecule has 0 bridgehead atoms. The number of benzene rings is 1. The number of carbonyl (C=O) groups excluding carboxylic acids is 1. The minimum atomic E-state index is -0.488. The number of nitro benzene ring substituents is 1. The first kappa shape index (κ1) is 16.2. The molecule has 7 heteroatoms. The first-order valence-electron chi connectivity index (χ1n) is 7.44. The van der Waals surface area contributed by atoms with E-state index in [9.17, 15) is 14.9 Å². The third kappa shape index (κ3) is 3.36. The number of para-hydroxylation sites is 2. The van der Waals surface area contributed by atoms with Crippen LogP contribution in [0.25, 0.3) is 0 Å². The number of hydrogen-bond donors (Lipinski definition) is 1. The summed E-state index contributed by atoms with van der Waals surface area (Å²) in [6.07, 6.45) is 0. The minimum absolute atomic E-state index is 0.0442. The molecule has 0 unspecified atom stereocenters. The van der Waals surface area contributed by atoms with Crippen LogP contribution >= 0.6 is 0 Å². The molecule has 0 aromatic heterocycles. The van der Waals surface area contributed by atoms with E-state index < -0.39 is 6.04 Å². The molecule has 1 fully saturated rings. The topological polar surface area (TPSA) is 92.7 Å². The Balaban J connectivity index is 2.04. The van der Waals surface area contributed by atoms with Gasteiger partial charge in [0.2, 0.25) is 5.91 Å². The van der Waals surface area contributed by atoms with Crippen LogP contribution in [0.5, 0.6) is 0 Å². The van der Waals surface area contributed by atoms with Gasteiger partial charge in [-0.3, -0.25) is 14.9 Å². The normalized spacial score (nSPS) is 16.7. The second kappa shape index (κ2) is 6.74. The summed E-state index contributed by atoms with van der Waals surface area (Å²) in [5.74, 6) is 0.0537. The molecule has 22 heavy (non-hydrogen) atoms. The Morgan fingerprint density at radius 1 is 1.23 bits per heavy atom. The Bertz CT molecular complexity index is 553. The van der Waals surface area contributed by atoms with E-state index in [-0.39, 0.29) is 22.4 Å². The number of carbonyl (C=O) groups is 1. The first-order chi connectivity index (χ1) is 10.4. The van der Waals surface area contributed by atoms with E-state index in [2.05, 4.69) is 0 Å². The van der Waals surface area contributed by atoms with Gasteiger partial charge in [-0.05, 0) is 12.0 Å². The van der Waals surface area contributed by atoms with Gasteiger partial charge in [-0.1, -0.05) is 26.0 Å². The predicted octanol–water partition coefficient (Wildman–Crippen LogP) is 1.23. The molecular weight excluding hydrogens is 284 g/mol. The van der Waals surface area contributed by atoms with E-state index in [1.165, 1.54) is 6.07 Å². The van der Waals surface area contributed by atoms with Crippen molar-refractivity contribution in [1.29, 1.82) is 0 Å². The molecule has 1 heterocycles. The third-order valence-electron chi connectivity index (χ3n) is 4.01. The van der Waals surface area contributed by atoms with Gasteiger partial charge in [-0.25, -0.2) is 0 Å². The van der Waals surface area contributed by atoms with Crippen molar-refractivity contribution in [3.63, 3.8) is 0 Å². The Kier molecular flexibility index (Phi) is 4.97. The van der Waals surface area contributed by atoms with Crippen molar-refractivity contribution in [3.05, 3.63) is 34.4 Å². The molecule has 120 valence electrons. The van der Waals surface area contributed by atoms with Crippen molar-refractivity contribution in [3.8, 4) is 0 Å². The number of nitrogens with zero attached hydrogens (tertiary/aromatic N) is 3. The lowest BCUT2D eigenvalue weighted by atomic mass is 10.0. The van der Waals surface area contributed by atoms with E-state index in [1.54, 1.807) is 23.1 Å².